The molecule has 0 aliphatic heterocycles. The Morgan fingerprint density at radius 1 is 0.679 bits per heavy atom. The van der Waals surface area contributed by atoms with Crippen LogP contribution in [0, 0.1) is 5.92 Å². The maximum atomic E-state index is 5.95. The van der Waals surface area contributed by atoms with Gasteiger partial charge in [-0.3, -0.25) is 0 Å². The molecule has 0 fully saturated rings. The third-order valence-electron chi connectivity index (χ3n) is 4.61. The monoisotopic (exact) mass is 388 g/mol. The van der Waals surface area contributed by atoms with E-state index in [9.17, 15) is 0 Å². The molecule has 2 aromatic carbocycles. The van der Waals surface area contributed by atoms with Gasteiger partial charge in [0.25, 0.3) is 0 Å². The summed E-state index contributed by atoms with van der Waals surface area (Å²) >= 11 is 0. The largest absolute Gasteiger partial charge is 0.493 e. The molecule has 0 heterocycles. The molecule has 0 bridgehead atoms. The third-order valence-corrected chi connectivity index (χ3v) is 4.61. The van der Waals surface area contributed by atoms with E-state index in [0.29, 0.717) is 29.8 Å². The molecule has 0 N–H and O–H groups in total. The van der Waals surface area contributed by atoms with Crippen LogP contribution in [0.2, 0.25) is 0 Å². The summed E-state index contributed by atoms with van der Waals surface area (Å²) in [5, 5.41) is 0. The van der Waals surface area contributed by atoms with E-state index in [1.165, 1.54) is 5.56 Å². The van der Waals surface area contributed by atoms with Crippen LogP contribution in [-0.4, -0.2) is 35.0 Å². The molecule has 0 aliphatic carbocycles. The van der Waals surface area contributed by atoms with Gasteiger partial charge in [-0.2, -0.15) is 0 Å². The predicted octanol–water partition coefficient (Wildman–Crippen LogP) is 4.93. The summed E-state index contributed by atoms with van der Waals surface area (Å²) in [6, 6.07) is 10.0. The fourth-order valence-electron chi connectivity index (χ4n) is 2.94. The number of methoxy groups -OCH3 is 4. The van der Waals surface area contributed by atoms with Crippen LogP contribution in [0.15, 0.2) is 30.3 Å². The van der Waals surface area contributed by atoms with Crippen LogP contribution >= 0.6 is 0 Å². The lowest BCUT2D eigenvalue weighted by molar-refractivity contribution is 0.257. The van der Waals surface area contributed by atoms with E-state index in [4.69, 9.17) is 23.7 Å². The quantitative estimate of drug-likeness (QED) is 0.546. The van der Waals surface area contributed by atoms with Crippen molar-refractivity contribution in [1.82, 2.24) is 0 Å². The number of hydrogen-bond acceptors (Lipinski definition) is 5. The minimum atomic E-state index is 0.581. The second-order valence-electron chi connectivity index (χ2n) is 7.05. The van der Waals surface area contributed by atoms with Crippen LogP contribution in [0.3, 0.4) is 0 Å². The topological polar surface area (TPSA) is 46.2 Å². The Morgan fingerprint density at radius 2 is 1.21 bits per heavy atom. The first-order chi connectivity index (χ1) is 13.5. The van der Waals surface area contributed by atoms with Crippen molar-refractivity contribution in [3.05, 3.63) is 41.5 Å². The molecule has 0 spiro atoms. The van der Waals surface area contributed by atoms with Crippen molar-refractivity contribution in [1.29, 1.82) is 0 Å². The van der Waals surface area contributed by atoms with E-state index in [1.54, 1.807) is 28.4 Å². The molecule has 0 unspecified atom stereocenters. The summed E-state index contributed by atoms with van der Waals surface area (Å²) < 4.78 is 27.8. The highest BCUT2D eigenvalue weighted by Gasteiger charge is 2.15. The predicted molar refractivity (Wildman–Crippen MR) is 111 cm³/mol. The Morgan fingerprint density at radius 3 is 1.75 bits per heavy atom. The van der Waals surface area contributed by atoms with Crippen LogP contribution in [0.5, 0.6) is 28.7 Å². The highest BCUT2D eigenvalue weighted by molar-refractivity contribution is 5.54. The number of benzene rings is 2. The fourth-order valence-corrected chi connectivity index (χ4v) is 2.94. The van der Waals surface area contributed by atoms with Gasteiger partial charge >= 0.3 is 0 Å². The maximum absolute atomic E-state index is 5.95. The third kappa shape index (κ3) is 5.72. The molecule has 0 radical (unpaired) electrons. The van der Waals surface area contributed by atoms with Gasteiger partial charge in [0.15, 0.2) is 23.0 Å². The highest BCUT2D eigenvalue weighted by atomic mass is 16.5. The zero-order valence-corrected chi connectivity index (χ0v) is 17.8. The van der Waals surface area contributed by atoms with E-state index in [0.717, 1.165) is 36.3 Å². The first-order valence-corrected chi connectivity index (χ1v) is 9.61. The van der Waals surface area contributed by atoms with Crippen molar-refractivity contribution >= 4 is 0 Å². The Balaban J connectivity index is 2.15. The summed E-state index contributed by atoms with van der Waals surface area (Å²) in [7, 11) is 6.60. The summed E-state index contributed by atoms with van der Waals surface area (Å²) in [5.41, 5.74) is 2.30. The SMILES string of the molecule is COc1ccc(CCc2cc(OC)c(OCCC(C)C)c(OC)c2)cc1OC. The van der Waals surface area contributed by atoms with Crippen molar-refractivity contribution in [2.24, 2.45) is 5.92 Å². The first-order valence-electron chi connectivity index (χ1n) is 9.61. The molecular weight excluding hydrogens is 356 g/mol. The van der Waals surface area contributed by atoms with Gasteiger partial charge in [-0.1, -0.05) is 19.9 Å². The summed E-state index contributed by atoms with van der Waals surface area (Å²) in [5.74, 6) is 4.12. The number of hydrogen-bond donors (Lipinski definition) is 0. The molecule has 0 amide bonds. The molecule has 0 saturated carbocycles. The summed E-state index contributed by atoms with van der Waals surface area (Å²) in [6.45, 7) is 4.99. The van der Waals surface area contributed by atoms with Gasteiger partial charge in [0, 0.05) is 0 Å². The van der Waals surface area contributed by atoms with Gasteiger partial charge in [-0.25, -0.2) is 0 Å². The van der Waals surface area contributed by atoms with E-state index in [2.05, 4.69) is 19.9 Å². The Labute approximate surface area is 168 Å². The van der Waals surface area contributed by atoms with Gasteiger partial charge in [-0.15, -0.1) is 0 Å². The zero-order valence-electron chi connectivity index (χ0n) is 17.8. The van der Waals surface area contributed by atoms with Crippen molar-refractivity contribution < 1.29 is 23.7 Å². The fraction of sp³-hybridized carbons (Fsp3) is 0.478. The van der Waals surface area contributed by atoms with Gasteiger partial charge < -0.3 is 23.7 Å². The summed E-state index contributed by atoms with van der Waals surface area (Å²) in [4.78, 5) is 0. The minimum absolute atomic E-state index is 0.581. The van der Waals surface area contributed by atoms with E-state index in [-0.39, 0.29) is 0 Å². The standard InChI is InChI=1S/C23H32O5/c1-16(2)11-12-28-23-21(26-5)14-18(15-22(23)27-6)8-7-17-9-10-19(24-3)20(13-17)25-4/h9-10,13-16H,7-8,11-12H2,1-6H3. The average molecular weight is 389 g/mol. The van der Waals surface area contributed by atoms with Crippen LogP contribution in [0.4, 0.5) is 0 Å². The van der Waals surface area contributed by atoms with Crippen LogP contribution in [0.25, 0.3) is 0 Å². The lowest BCUT2D eigenvalue weighted by Gasteiger charge is -2.17. The highest BCUT2D eigenvalue weighted by Crippen LogP contribution is 2.39. The van der Waals surface area contributed by atoms with Crippen molar-refractivity contribution in [3.63, 3.8) is 0 Å². The van der Waals surface area contributed by atoms with Crippen molar-refractivity contribution in [3.8, 4) is 28.7 Å². The molecule has 154 valence electrons. The molecule has 28 heavy (non-hydrogen) atoms. The number of aryl methyl sites for hydroxylation is 2. The molecule has 2 rings (SSSR count). The second-order valence-corrected chi connectivity index (χ2v) is 7.05. The Kier molecular flexibility index (Phi) is 8.30. The Bertz CT molecular complexity index is 730. The van der Waals surface area contributed by atoms with Crippen LogP contribution < -0.4 is 23.7 Å². The van der Waals surface area contributed by atoms with Crippen LogP contribution in [-0.2, 0) is 12.8 Å². The Hall–Kier alpha value is -2.56. The van der Waals surface area contributed by atoms with Crippen molar-refractivity contribution in [2.45, 2.75) is 33.1 Å². The number of ether oxygens (including phenoxy) is 5. The van der Waals surface area contributed by atoms with E-state index < -0.39 is 0 Å². The molecular formula is C23H32O5. The van der Waals surface area contributed by atoms with Gasteiger partial charge in [0.2, 0.25) is 5.75 Å². The van der Waals surface area contributed by atoms with E-state index >= 15 is 0 Å². The first kappa shape index (κ1) is 21.7. The van der Waals surface area contributed by atoms with Crippen molar-refractivity contribution in [2.75, 3.05) is 35.0 Å². The normalized spacial score (nSPS) is 10.7. The minimum Gasteiger partial charge on any atom is -0.493 e. The van der Waals surface area contributed by atoms with Gasteiger partial charge in [-0.05, 0) is 60.6 Å². The smallest absolute Gasteiger partial charge is 0.203 e. The zero-order chi connectivity index (χ0) is 20.5. The van der Waals surface area contributed by atoms with Gasteiger partial charge in [0.1, 0.15) is 0 Å². The molecule has 0 atom stereocenters. The average Bonchev–Trinajstić information content (AvgIpc) is 2.71. The molecule has 0 saturated heterocycles. The van der Waals surface area contributed by atoms with Gasteiger partial charge in [0.05, 0.1) is 35.0 Å². The second kappa shape index (κ2) is 10.7. The lowest BCUT2D eigenvalue weighted by atomic mass is 10.0. The molecule has 2 aromatic rings. The summed E-state index contributed by atoms with van der Waals surface area (Å²) in [6.07, 6.45) is 2.68. The van der Waals surface area contributed by atoms with E-state index in [1.807, 2.05) is 24.3 Å². The number of rotatable bonds is 11. The molecule has 0 aliphatic rings. The maximum Gasteiger partial charge on any atom is 0.203 e. The van der Waals surface area contributed by atoms with Crippen LogP contribution in [0.1, 0.15) is 31.4 Å². The molecule has 0 aromatic heterocycles. The lowest BCUT2D eigenvalue weighted by Crippen LogP contribution is -2.05. The molecule has 5 heteroatoms. The molecule has 5 nitrogen and oxygen atoms in total.